The molecule has 0 radical (unpaired) electrons. The molecule has 2 N–H and O–H groups in total. The minimum absolute atomic E-state index is 0.0239. The zero-order valence-corrected chi connectivity index (χ0v) is 10.6. The Morgan fingerprint density at radius 3 is 2.94 bits per heavy atom. The molecule has 1 heterocycles. The number of pyridine rings is 1. The van der Waals surface area contributed by atoms with E-state index in [2.05, 4.69) is 15.6 Å². The Labute approximate surface area is 107 Å². The highest BCUT2D eigenvalue weighted by molar-refractivity contribution is 5.80. The van der Waals surface area contributed by atoms with Crippen molar-refractivity contribution in [1.29, 1.82) is 0 Å². The maximum atomic E-state index is 11.5. The van der Waals surface area contributed by atoms with E-state index in [4.69, 9.17) is 4.74 Å². The van der Waals surface area contributed by atoms with E-state index in [1.807, 2.05) is 13.0 Å². The van der Waals surface area contributed by atoms with Crippen LogP contribution in [0.2, 0.25) is 0 Å². The molecule has 1 fully saturated rings. The first kappa shape index (κ1) is 12.7. The van der Waals surface area contributed by atoms with Crippen LogP contribution in [-0.4, -0.2) is 30.6 Å². The predicted octanol–water partition coefficient (Wildman–Crippen LogP) is 1.42. The van der Waals surface area contributed by atoms with Crippen molar-refractivity contribution in [1.82, 2.24) is 10.3 Å². The van der Waals surface area contributed by atoms with E-state index in [0.29, 0.717) is 18.4 Å². The largest absolute Gasteiger partial charge is 0.478 e. The summed E-state index contributed by atoms with van der Waals surface area (Å²) < 4.78 is 5.24. The first-order valence-corrected chi connectivity index (χ1v) is 6.37. The number of rotatable bonds is 7. The molecule has 1 amide bonds. The van der Waals surface area contributed by atoms with Crippen LogP contribution in [0.15, 0.2) is 18.3 Å². The number of hydrogen-bond acceptors (Lipinski definition) is 4. The summed E-state index contributed by atoms with van der Waals surface area (Å²) in [5.41, 5.74) is 0.819. The van der Waals surface area contributed by atoms with Crippen LogP contribution < -0.4 is 15.4 Å². The van der Waals surface area contributed by atoms with E-state index in [1.54, 1.807) is 12.3 Å². The van der Waals surface area contributed by atoms with Gasteiger partial charge in [0.25, 0.3) is 0 Å². The van der Waals surface area contributed by atoms with Gasteiger partial charge >= 0.3 is 0 Å². The summed E-state index contributed by atoms with van der Waals surface area (Å²) in [4.78, 5) is 15.6. The molecule has 1 aliphatic carbocycles. The topological polar surface area (TPSA) is 63.2 Å². The Bertz CT molecular complexity index is 388. The van der Waals surface area contributed by atoms with Crippen molar-refractivity contribution in [2.24, 2.45) is 5.92 Å². The number of amides is 1. The SMILES string of the molecule is CCOc1ccc(NCC(=O)NCC2CC2)cn1. The van der Waals surface area contributed by atoms with E-state index < -0.39 is 0 Å². The Balaban J connectivity index is 1.69. The van der Waals surface area contributed by atoms with Gasteiger partial charge in [0.1, 0.15) is 0 Å². The number of nitrogens with one attached hydrogen (secondary N) is 2. The molecular weight excluding hydrogens is 230 g/mol. The van der Waals surface area contributed by atoms with Crippen LogP contribution in [-0.2, 0) is 4.79 Å². The van der Waals surface area contributed by atoms with Crippen molar-refractivity contribution >= 4 is 11.6 Å². The quantitative estimate of drug-likeness (QED) is 0.767. The van der Waals surface area contributed by atoms with Gasteiger partial charge in [-0.1, -0.05) is 0 Å². The molecule has 1 saturated carbocycles. The third kappa shape index (κ3) is 4.24. The third-order valence-corrected chi connectivity index (χ3v) is 2.77. The second kappa shape index (κ2) is 6.23. The summed E-state index contributed by atoms with van der Waals surface area (Å²) >= 11 is 0. The summed E-state index contributed by atoms with van der Waals surface area (Å²) in [7, 11) is 0. The number of carbonyl (C=O) groups is 1. The van der Waals surface area contributed by atoms with Gasteiger partial charge in [0.05, 0.1) is 25.0 Å². The highest BCUT2D eigenvalue weighted by Crippen LogP contribution is 2.27. The van der Waals surface area contributed by atoms with Crippen molar-refractivity contribution in [3.63, 3.8) is 0 Å². The lowest BCUT2D eigenvalue weighted by Crippen LogP contribution is -2.31. The van der Waals surface area contributed by atoms with Crippen LogP contribution in [0, 0.1) is 5.92 Å². The molecule has 0 aliphatic heterocycles. The van der Waals surface area contributed by atoms with Gasteiger partial charge in [0.15, 0.2) is 0 Å². The first-order chi connectivity index (χ1) is 8.78. The first-order valence-electron chi connectivity index (χ1n) is 6.37. The molecule has 0 bridgehead atoms. The van der Waals surface area contributed by atoms with Gasteiger partial charge in [-0.15, -0.1) is 0 Å². The molecule has 1 aliphatic rings. The molecule has 98 valence electrons. The van der Waals surface area contributed by atoms with Crippen molar-refractivity contribution in [3.8, 4) is 5.88 Å². The average molecular weight is 249 g/mol. The van der Waals surface area contributed by atoms with E-state index in [-0.39, 0.29) is 12.5 Å². The van der Waals surface area contributed by atoms with Crippen molar-refractivity contribution in [2.45, 2.75) is 19.8 Å². The van der Waals surface area contributed by atoms with Gasteiger partial charge in [0.2, 0.25) is 11.8 Å². The minimum atomic E-state index is 0.0239. The number of nitrogens with zero attached hydrogens (tertiary/aromatic N) is 1. The molecule has 5 heteroatoms. The summed E-state index contributed by atoms with van der Waals surface area (Å²) in [6, 6.07) is 3.64. The van der Waals surface area contributed by atoms with E-state index in [1.165, 1.54) is 12.8 Å². The standard InChI is InChI=1S/C13H19N3O2/c1-2-18-13-6-5-11(8-16-13)14-9-12(17)15-7-10-3-4-10/h5-6,8,10,14H,2-4,7,9H2,1H3,(H,15,17). The summed E-state index contributed by atoms with van der Waals surface area (Å²) in [5, 5.41) is 5.93. The normalized spacial score (nSPS) is 14.1. The van der Waals surface area contributed by atoms with Gasteiger partial charge in [-0.05, 0) is 31.7 Å². The summed E-state index contributed by atoms with van der Waals surface area (Å²) in [6.07, 6.45) is 4.16. The fraction of sp³-hybridized carbons (Fsp3) is 0.538. The molecule has 0 unspecified atom stereocenters. The lowest BCUT2D eigenvalue weighted by Gasteiger charge is -2.07. The van der Waals surface area contributed by atoms with Gasteiger partial charge in [0, 0.05) is 12.6 Å². The molecule has 5 nitrogen and oxygen atoms in total. The molecule has 0 saturated heterocycles. The lowest BCUT2D eigenvalue weighted by atomic mass is 10.4. The fourth-order valence-corrected chi connectivity index (χ4v) is 1.54. The number of carbonyl (C=O) groups excluding carboxylic acids is 1. The van der Waals surface area contributed by atoms with E-state index in [0.717, 1.165) is 12.2 Å². The lowest BCUT2D eigenvalue weighted by molar-refractivity contribution is -0.119. The van der Waals surface area contributed by atoms with Crippen LogP contribution in [0.25, 0.3) is 0 Å². The molecule has 0 aromatic carbocycles. The van der Waals surface area contributed by atoms with Crippen LogP contribution >= 0.6 is 0 Å². The number of anilines is 1. The zero-order chi connectivity index (χ0) is 12.8. The van der Waals surface area contributed by atoms with Crippen LogP contribution in [0.4, 0.5) is 5.69 Å². The Kier molecular flexibility index (Phi) is 4.39. The number of ether oxygens (including phenoxy) is 1. The second-order valence-electron chi connectivity index (χ2n) is 4.42. The molecule has 2 rings (SSSR count). The Morgan fingerprint density at radius 1 is 1.50 bits per heavy atom. The van der Waals surface area contributed by atoms with Crippen molar-refractivity contribution in [3.05, 3.63) is 18.3 Å². The molecule has 0 spiro atoms. The van der Waals surface area contributed by atoms with Gasteiger partial charge in [-0.2, -0.15) is 0 Å². The maximum absolute atomic E-state index is 11.5. The fourth-order valence-electron chi connectivity index (χ4n) is 1.54. The van der Waals surface area contributed by atoms with E-state index in [9.17, 15) is 4.79 Å². The predicted molar refractivity (Wildman–Crippen MR) is 69.6 cm³/mol. The van der Waals surface area contributed by atoms with Crippen molar-refractivity contribution in [2.75, 3.05) is 25.0 Å². The second-order valence-corrected chi connectivity index (χ2v) is 4.42. The summed E-state index contributed by atoms with van der Waals surface area (Å²) in [6.45, 7) is 3.60. The molecule has 18 heavy (non-hydrogen) atoms. The zero-order valence-electron chi connectivity index (χ0n) is 10.6. The molecular formula is C13H19N3O2. The Morgan fingerprint density at radius 2 is 2.33 bits per heavy atom. The van der Waals surface area contributed by atoms with Crippen LogP contribution in [0.5, 0.6) is 5.88 Å². The summed E-state index contributed by atoms with van der Waals surface area (Å²) in [5.74, 6) is 1.33. The van der Waals surface area contributed by atoms with Crippen molar-refractivity contribution < 1.29 is 9.53 Å². The molecule has 0 atom stereocenters. The molecule has 1 aromatic heterocycles. The Hall–Kier alpha value is -1.78. The monoisotopic (exact) mass is 249 g/mol. The number of aromatic nitrogens is 1. The van der Waals surface area contributed by atoms with Crippen LogP contribution in [0.3, 0.4) is 0 Å². The van der Waals surface area contributed by atoms with E-state index >= 15 is 0 Å². The minimum Gasteiger partial charge on any atom is -0.478 e. The van der Waals surface area contributed by atoms with Gasteiger partial charge in [-0.3, -0.25) is 4.79 Å². The van der Waals surface area contributed by atoms with Gasteiger partial charge < -0.3 is 15.4 Å². The number of hydrogen-bond donors (Lipinski definition) is 2. The highest BCUT2D eigenvalue weighted by Gasteiger charge is 2.21. The molecule has 1 aromatic rings. The van der Waals surface area contributed by atoms with Crippen LogP contribution in [0.1, 0.15) is 19.8 Å². The third-order valence-electron chi connectivity index (χ3n) is 2.77. The van der Waals surface area contributed by atoms with Gasteiger partial charge in [-0.25, -0.2) is 4.98 Å². The smallest absolute Gasteiger partial charge is 0.239 e. The maximum Gasteiger partial charge on any atom is 0.239 e. The average Bonchev–Trinajstić information content (AvgIpc) is 3.20. The highest BCUT2D eigenvalue weighted by atomic mass is 16.5.